The number of rotatable bonds is 2. The summed E-state index contributed by atoms with van der Waals surface area (Å²) in [5.74, 6) is -0.815. The maximum Gasteiger partial charge on any atom is 0.410 e. The van der Waals surface area contributed by atoms with Crippen molar-refractivity contribution in [2.45, 2.75) is 45.8 Å². The van der Waals surface area contributed by atoms with Crippen molar-refractivity contribution in [2.75, 3.05) is 19.7 Å². The first kappa shape index (κ1) is 19.0. The minimum atomic E-state index is -0.546. The summed E-state index contributed by atoms with van der Waals surface area (Å²) < 4.78 is 10.3. The van der Waals surface area contributed by atoms with E-state index in [1.165, 1.54) is 4.90 Å². The Morgan fingerprint density at radius 2 is 1.95 bits per heavy atom. The number of hydrogen-bond donors (Lipinski definition) is 1. The first-order valence-electron chi connectivity index (χ1n) is 6.64. The van der Waals surface area contributed by atoms with Gasteiger partial charge in [-0.2, -0.15) is 0 Å². The Morgan fingerprint density at radius 3 is 2.45 bits per heavy atom. The first-order chi connectivity index (χ1) is 8.74. The molecule has 0 unspecified atom stereocenters. The molecule has 1 heterocycles. The lowest BCUT2D eigenvalue weighted by molar-refractivity contribution is -0.150. The summed E-state index contributed by atoms with van der Waals surface area (Å²) in [5, 5.41) is 0. The molecule has 20 heavy (non-hydrogen) atoms. The smallest absolute Gasteiger partial charge is 0.410 e. The molecule has 0 aromatic carbocycles. The molecule has 2 N–H and O–H groups in total. The number of hydrogen-bond acceptors (Lipinski definition) is 5. The lowest BCUT2D eigenvalue weighted by atomic mass is 9.93. The molecule has 118 valence electrons. The van der Waals surface area contributed by atoms with E-state index in [1.807, 2.05) is 20.8 Å². The second-order valence-corrected chi connectivity index (χ2v) is 5.74. The van der Waals surface area contributed by atoms with E-state index < -0.39 is 17.6 Å². The molecule has 6 nitrogen and oxygen atoms in total. The van der Waals surface area contributed by atoms with E-state index >= 15 is 0 Å². The van der Waals surface area contributed by atoms with Gasteiger partial charge in [0.25, 0.3) is 0 Å². The molecule has 1 aliphatic rings. The Kier molecular flexibility index (Phi) is 7.30. The predicted molar refractivity (Wildman–Crippen MR) is 77.8 cm³/mol. The normalized spacial score (nSPS) is 22.8. The molecule has 2 atom stereocenters. The summed E-state index contributed by atoms with van der Waals surface area (Å²) in [4.78, 5) is 25.3. The van der Waals surface area contributed by atoms with E-state index in [4.69, 9.17) is 15.2 Å². The number of nitrogens with zero attached hydrogens (tertiary/aromatic N) is 1. The topological polar surface area (TPSA) is 81.9 Å². The molecule has 1 aliphatic heterocycles. The van der Waals surface area contributed by atoms with E-state index in [2.05, 4.69) is 0 Å². The van der Waals surface area contributed by atoms with Gasteiger partial charge in [0.2, 0.25) is 0 Å². The van der Waals surface area contributed by atoms with Crippen LogP contribution in [0.1, 0.15) is 34.1 Å². The minimum absolute atomic E-state index is 0. The van der Waals surface area contributed by atoms with Crippen LogP contribution in [0.3, 0.4) is 0 Å². The van der Waals surface area contributed by atoms with Crippen molar-refractivity contribution >= 4 is 24.5 Å². The maximum absolute atomic E-state index is 12.0. The monoisotopic (exact) mass is 308 g/mol. The van der Waals surface area contributed by atoms with E-state index in [-0.39, 0.29) is 31.0 Å². The van der Waals surface area contributed by atoms with Crippen LogP contribution in [0.15, 0.2) is 0 Å². The van der Waals surface area contributed by atoms with Crippen molar-refractivity contribution in [1.82, 2.24) is 4.90 Å². The van der Waals surface area contributed by atoms with Gasteiger partial charge in [-0.1, -0.05) is 0 Å². The SMILES string of the molecule is CCOC(=O)[C@H]1CN(C(=O)OC(C)(C)C)CC[C@@H]1N.Cl. The maximum atomic E-state index is 12.0. The second-order valence-electron chi connectivity index (χ2n) is 5.74. The van der Waals surface area contributed by atoms with Crippen LogP contribution in [0.4, 0.5) is 4.79 Å². The fourth-order valence-corrected chi connectivity index (χ4v) is 1.96. The van der Waals surface area contributed by atoms with Crippen molar-refractivity contribution in [3.05, 3.63) is 0 Å². The van der Waals surface area contributed by atoms with Crippen molar-refractivity contribution in [3.63, 3.8) is 0 Å². The van der Waals surface area contributed by atoms with Crippen LogP contribution in [-0.4, -0.2) is 48.3 Å². The average molecular weight is 309 g/mol. The summed E-state index contributed by atoms with van der Waals surface area (Å²) in [6.07, 6.45) is 0.164. The van der Waals surface area contributed by atoms with Gasteiger partial charge in [-0.15, -0.1) is 12.4 Å². The fraction of sp³-hybridized carbons (Fsp3) is 0.846. The Hall–Kier alpha value is -1.01. The molecule has 0 radical (unpaired) electrons. The highest BCUT2D eigenvalue weighted by Gasteiger charge is 2.36. The Balaban J connectivity index is 0.00000361. The molecule has 1 fully saturated rings. The van der Waals surface area contributed by atoms with Gasteiger partial charge in [-0.25, -0.2) is 4.79 Å². The quantitative estimate of drug-likeness (QED) is 0.783. The van der Waals surface area contributed by atoms with E-state index in [0.717, 1.165) is 0 Å². The first-order valence-corrected chi connectivity index (χ1v) is 6.64. The number of esters is 1. The van der Waals surface area contributed by atoms with Crippen LogP contribution in [0.25, 0.3) is 0 Å². The number of ether oxygens (including phenoxy) is 2. The molecular weight excluding hydrogens is 284 g/mol. The van der Waals surface area contributed by atoms with Gasteiger partial charge in [0.05, 0.1) is 12.5 Å². The predicted octanol–water partition coefficient (Wildman–Crippen LogP) is 1.56. The number of piperidine rings is 1. The van der Waals surface area contributed by atoms with Crippen molar-refractivity contribution in [1.29, 1.82) is 0 Å². The highest BCUT2D eigenvalue weighted by molar-refractivity contribution is 5.85. The number of amides is 1. The van der Waals surface area contributed by atoms with Gasteiger partial charge < -0.3 is 20.1 Å². The summed E-state index contributed by atoms with van der Waals surface area (Å²) in [6, 6.07) is -0.266. The zero-order valence-electron chi connectivity index (χ0n) is 12.5. The Labute approximate surface area is 126 Å². The zero-order chi connectivity index (χ0) is 14.6. The Morgan fingerprint density at radius 1 is 1.35 bits per heavy atom. The third-order valence-corrected chi connectivity index (χ3v) is 2.91. The third-order valence-electron chi connectivity index (χ3n) is 2.91. The molecule has 0 saturated carbocycles. The molecule has 0 aliphatic carbocycles. The van der Waals surface area contributed by atoms with Crippen molar-refractivity contribution < 1.29 is 19.1 Å². The molecule has 1 amide bonds. The standard InChI is InChI=1S/C13H24N2O4.ClH/c1-5-18-11(16)9-8-15(7-6-10(9)14)12(17)19-13(2,3)4;/h9-10H,5-8,14H2,1-4H3;1H/t9-,10-;/m0./s1. The molecule has 0 aromatic heterocycles. The van der Waals surface area contributed by atoms with Crippen LogP contribution in [0.2, 0.25) is 0 Å². The van der Waals surface area contributed by atoms with Gasteiger partial charge in [-0.3, -0.25) is 4.79 Å². The average Bonchev–Trinajstić information content (AvgIpc) is 2.27. The molecular formula is C13H25ClN2O4. The molecule has 7 heteroatoms. The second kappa shape index (κ2) is 7.69. The van der Waals surface area contributed by atoms with Crippen molar-refractivity contribution in [2.24, 2.45) is 11.7 Å². The van der Waals surface area contributed by atoms with Crippen molar-refractivity contribution in [3.8, 4) is 0 Å². The number of carbonyl (C=O) groups is 2. The molecule has 1 saturated heterocycles. The van der Waals surface area contributed by atoms with Gasteiger partial charge in [0.1, 0.15) is 5.60 Å². The van der Waals surface area contributed by atoms with E-state index in [0.29, 0.717) is 19.6 Å². The minimum Gasteiger partial charge on any atom is -0.466 e. The number of halogens is 1. The van der Waals surface area contributed by atoms with Crippen LogP contribution in [-0.2, 0) is 14.3 Å². The lowest BCUT2D eigenvalue weighted by Gasteiger charge is -2.36. The van der Waals surface area contributed by atoms with Gasteiger partial charge in [0.15, 0.2) is 0 Å². The molecule has 0 spiro atoms. The zero-order valence-corrected chi connectivity index (χ0v) is 13.4. The van der Waals surface area contributed by atoms with Crippen LogP contribution in [0.5, 0.6) is 0 Å². The number of nitrogens with two attached hydrogens (primary N) is 1. The summed E-state index contributed by atoms with van der Waals surface area (Å²) >= 11 is 0. The van der Waals surface area contributed by atoms with Crippen LogP contribution in [0, 0.1) is 5.92 Å². The molecule has 0 bridgehead atoms. The van der Waals surface area contributed by atoms with Crippen LogP contribution < -0.4 is 5.73 Å². The highest BCUT2D eigenvalue weighted by Crippen LogP contribution is 2.19. The molecule has 1 rings (SSSR count). The molecule has 0 aromatic rings. The summed E-state index contributed by atoms with van der Waals surface area (Å²) in [5.41, 5.74) is 5.37. The fourth-order valence-electron chi connectivity index (χ4n) is 1.96. The number of carbonyl (C=O) groups excluding carboxylic acids is 2. The van der Waals surface area contributed by atoms with Crippen LogP contribution >= 0.6 is 12.4 Å². The largest absolute Gasteiger partial charge is 0.466 e. The van der Waals surface area contributed by atoms with E-state index in [1.54, 1.807) is 6.92 Å². The lowest BCUT2D eigenvalue weighted by Crippen LogP contribution is -2.53. The third kappa shape index (κ3) is 5.54. The summed E-state index contributed by atoms with van der Waals surface area (Å²) in [6.45, 7) is 8.25. The highest BCUT2D eigenvalue weighted by atomic mass is 35.5. The van der Waals surface area contributed by atoms with E-state index in [9.17, 15) is 9.59 Å². The number of likely N-dealkylation sites (tertiary alicyclic amines) is 1. The summed E-state index contributed by atoms with van der Waals surface area (Å²) in [7, 11) is 0. The van der Waals surface area contributed by atoms with Gasteiger partial charge >= 0.3 is 12.1 Å². The van der Waals surface area contributed by atoms with Gasteiger partial charge in [-0.05, 0) is 34.1 Å². The Bertz CT molecular complexity index is 344. The van der Waals surface area contributed by atoms with Gasteiger partial charge in [0, 0.05) is 19.1 Å².